The second-order valence-electron chi connectivity index (χ2n) is 6.87. The maximum absolute atomic E-state index is 13.0. The molecule has 30 heavy (non-hydrogen) atoms. The van der Waals surface area contributed by atoms with E-state index in [1.165, 1.54) is 4.31 Å². The minimum atomic E-state index is -3.54. The highest BCUT2D eigenvalue weighted by Gasteiger charge is 2.27. The van der Waals surface area contributed by atoms with Crippen LogP contribution in [-0.2, 0) is 10.0 Å². The highest BCUT2D eigenvalue weighted by atomic mass is 32.2. The number of nitrogens with zero attached hydrogens (tertiary/aromatic N) is 4. The SMILES string of the molecule is Cc1c(-c2nc(-c3ccccn3)no2)oc2ccc(S(=O)(=O)N3CCSCC3)cc12. The van der Waals surface area contributed by atoms with Crippen LogP contribution in [0.4, 0.5) is 0 Å². The van der Waals surface area contributed by atoms with Gasteiger partial charge in [-0.15, -0.1) is 0 Å². The van der Waals surface area contributed by atoms with E-state index in [2.05, 4.69) is 15.1 Å². The Labute approximate surface area is 177 Å². The standard InChI is InChI=1S/C20H18N4O4S2/c1-13-15-12-14(30(25,26)24-8-10-29-11-9-24)5-6-17(15)27-18(13)20-22-19(23-28-20)16-4-2-3-7-21-16/h2-7,12H,8-11H2,1H3. The number of thioether (sulfide) groups is 1. The summed E-state index contributed by atoms with van der Waals surface area (Å²) in [5, 5.41) is 4.68. The first kappa shape index (κ1) is 19.3. The third-order valence-corrected chi connectivity index (χ3v) is 7.87. The molecule has 0 saturated carbocycles. The van der Waals surface area contributed by atoms with Gasteiger partial charge in [0.2, 0.25) is 15.8 Å². The zero-order valence-electron chi connectivity index (χ0n) is 16.1. The second kappa shape index (κ2) is 7.53. The smallest absolute Gasteiger partial charge is 0.294 e. The van der Waals surface area contributed by atoms with Gasteiger partial charge in [0.15, 0.2) is 5.76 Å². The molecular formula is C20H18N4O4S2. The number of pyridine rings is 1. The van der Waals surface area contributed by atoms with Crippen LogP contribution in [-0.4, -0.2) is 52.4 Å². The van der Waals surface area contributed by atoms with Crippen molar-refractivity contribution in [2.45, 2.75) is 11.8 Å². The van der Waals surface area contributed by atoms with Crippen molar-refractivity contribution >= 4 is 32.8 Å². The van der Waals surface area contributed by atoms with Crippen molar-refractivity contribution in [1.29, 1.82) is 0 Å². The maximum atomic E-state index is 13.0. The van der Waals surface area contributed by atoms with Gasteiger partial charge in [0.1, 0.15) is 11.3 Å². The summed E-state index contributed by atoms with van der Waals surface area (Å²) in [6.45, 7) is 2.90. The summed E-state index contributed by atoms with van der Waals surface area (Å²) in [5.74, 6) is 2.63. The average molecular weight is 443 g/mol. The molecule has 1 saturated heterocycles. The largest absolute Gasteiger partial charge is 0.451 e. The molecule has 8 nitrogen and oxygen atoms in total. The lowest BCUT2D eigenvalue weighted by Gasteiger charge is -2.25. The van der Waals surface area contributed by atoms with E-state index in [9.17, 15) is 8.42 Å². The number of benzene rings is 1. The molecule has 3 aromatic heterocycles. The van der Waals surface area contributed by atoms with Crippen molar-refractivity contribution in [2.75, 3.05) is 24.6 Å². The van der Waals surface area contributed by atoms with E-state index in [0.29, 0.717) is 41.3 Å². The van der Waals surface area contributed by atoms with Crippen molar-refractivity contribution in [2.24, 2.45) is 0 Å². The molecule has 5 rings (SSSR count). The first-order valence-electron chi connectivity index (χ1n) is 9.40. The van der Waals surface area contributed by atoms with Gasteiger partial charge in [-0.2, -0.15) is 21.1 Å². The molecule has 0 radical (unpaired) electrons. The molecular weight excluding hydrogens is 424 g/mol. The fraction of sp³-hybridized carbons (Fsp3) is 0.250. The van der Waals surface area contributed by atoms with E-state index in [1.54, 1.807) is 42.2 Å². The van der Waals surface area contributed by atoms with Crippen LogP contribution in [0.25, 0.3) is 34.1 Å². The highest BCUT2D eigenvalue weighted by Crippen LogP contribution is 2.34. The lowest BCUT2D eigenvalue weighted by Crippen LogP contribution is -2.37. The zero-order valence-corrected chi connectivity index (χ0v) is 17.7. The Hall–Kier alpha value is -2.69. The summed E-state index contributed by atoms with van der Waals surface area (Å²) in [5.41, 5.74) is 1.90. The molecule has 0 aliphatic carbocycles. The van der Waals surface area contributed by atoms with Crippen LogP contribution < -0.4 is 0 Å². The van der Waals surface area contributed by atoms with Crippen LogP contribution >= 0.6 is 11.8 Å². The lowest BCUT2D eigenvalue weighted by atomic mass is 10.1. The Bertz CT molecular complexity index is 1310. The Kier molecular flexibility index (Phi) is 4.84. The van der Waals surface area contributed by atoms with Crippen molar-refractivity contribution < 1.29 is 17.4 Å². The first-order valence-corrected chi connectivity index (χ1v) is 12.0. The third-order valence-electron chi connectivity index (χ3n) is 5.03. The molecule has 0 N–H and O–H groups in total. The van der Waals surface area contributed by atoms with Crippen molar-refractivity contribution in [3.8, 4) is 23.2 Å². The lowest BCUT2D eigenvalue weighted by molar-refractivity contribution is 0.419. The number of rotatable bonds is 4. The van der Waals surface area contributed by atoms with E-state index in [-0.39, 0.29) is 10.8 Å². The van der Waals surface area contributed by atoms with E-state index < -0.39 is 10.0 Å². The molecule has 4 heterocycles. The first-order chi connectivity index (χ1) is 14.5. The van der Waals surface area contributed by atoms with Gasteiger partial charge in [-0.25, -0.2) is 8.42 Å². The van der Waals surface area contributed by atoms with Crippen LogP contribution in [0.1, 0.15) is 5.56 Å². The Morgan fingerprint density at radius 2 is 1.97 bits per heavy atom. The molecule has 1 aliphatic rings. The molecule has 1 aliphatic heterocycles. The molecule has 0 spiro atoms. The number of furan rings is 1. The molecule has 0 amide bonds. The molecule has 0 atom stereocenters. The Morgan fingerprint density at radius 1 is 1.13 bits per heavy atom. The molecule has 1 fully saturated rings. The van der Waals surface area contributed by atoms with Crippen molar-refractivity contribution in [3.05, 3.63) is 48.2 Å². The van der Waals surface area contributed by atoms with Crippen molar-refractivity contribution in [3.63, 3.8) is 0 Å². The minimum absolute atomic E-state index is 0.224. The molecule has 0 unspecified atom stereocenters. The van der Waals surface area contributed by atoms with Crippen LogP contribution in [0.2, 0.25) is 0 Å². The van der Waals surface area contributed by atoms with E-state index in [4.69, 9.17) is 8.94 Å². The van der Waals surface area contributed by atoms with Gasteiger partial charge in [0.25, 0.3) is 5.89 Å². The van der Waals surface area contributed by atoms with Gasteiger partial charge in [-0.05, 0) is 37.3 Å². The van der Waals surface area contributed by atoms with Gasteiger partial charge >= 0.3 is 0 Å². The van der Waals surface area contributed by atoms with E-state index >= 15 is 0 Å². The predicted octanol–water partition coefficient (Wildman–Crippen LogP) is 3.59. The fourth-order valence-corrected chi connectivity index (χ4v) is 6.02. The summed E-state index contributed by atoms with van der Waals surface area (Å²) in [7, 11) is -3.54. The topological polar surface area (TPSA) is 102 Å². The molecule has 0 bridgehead atoms. The fourth-order valence-electron chi connectivity index (χ4n) is 3.42. The Morgan fingerprint density at radius 3 is 2.73 bits per heavy atom. The summed E-state index contributed by atoms with van der Waals surface area (Å²) >= 11 is 1.77. The molecule has 1 aromatic carbocycles. The number of aryl methyl sites for hydroxylation is 1. The minimum Gasteiger partial charge on any atom is -0.451 e. The Balaban J connectivity index is 1.53. The molecule has 4 aromatic rings. The number of hydrogen-bond donors (Lipinski definition) is 0. The number of aromatic nitrogens is 3. The average Bonchev–Trinajstić information content (AvgIpc) is 3.40. The van der Waals surface area contributed by atoms with Gasteiger partial charge in [0.05, 0.1) is 4.90 Å². The molecule has 10 heteroatoms. The van der Waals surface area contributed by atoms with Gasteiger partial charge in [-0.3, -0.25) is 4.98 Å². The number of sulfonamides is 1. The molecule has 154 valence electrons. The van der Waals surface area contributed by atoms with Gasteiger partial charge < -0.3 is 8.94 Å². The van der Waals surface area contributed by atoms with E-state index in [0.717, 1.165) is 17.1 Å². The van der Waals surface area contributed by atoms with Gasteiger partial charge in [-0.1, -0.05) is 11.2 Å². The van der Waals surface area contributed by atoms with Gasteiger partial charge in [0, 0.05) is 41.7 Å². The maximum Gasteiger partial charge on any atom is 0.294 e. The van der Waals surface area contributed by atoms with Crippen LogP contribution in [0.5, 0.6) is 0 Å². The normalized spacial score (nSPS) is 15.6. The highest BCUT2D eigenvalue weighted by molar-refractivity contribution is 7.99. The monoisotopic (exact) mass is 442 g/mol. The summed E-state index contributed by atoms with van der Waals surface area (Å²) in [4.78, 5) is 8.87. The third kappa shape index (κ3) is 3.30. The summed E-state index contributed by atoms with van der Waals surface area (Å²) in [6.07, 6.45) is 1.65. The zero-order chi connectivity index (χ0) is 20.7. The predicted molar refractivity (Wildman–Crippen MR) is 114 cm³/mol. The van der Waals surface area contributed by atoms with Crippen molar-refractivity contribution in [1.82, 2.24) is 19.4 Å². The van der Waals surface area contributed by atoms with E-state index in [1.807, 2.05) is 19.1 Å². The summed E-state index contributed by atoms with van der Waals surface area (Å²) in [6, 6.07) is 10.4. The second-order valence-corrected chi connectivity index (χ2v) is 10.0. The van der Waals surface area contributed by atoms with Crippen LogP contribution in [0, 0.1) is 6.92 Å². The summed E-state index contributed by atoms with van der Waals surface area (Å²) < 4.78 is 38.9. The quantitative estimate of drug-likeness (QED) is 0.472. The number of fused-ring (bicyclic) bond motifs is 1. The van der Waals surface area contributed by atoms with Crippen LogP contribution in [0.15, 0.2) is 56.4 Å². The number of hydrogen-bond acceptors (Lipinski definition) is 8. The van der Waals surface area contributed by atoms with Crippen LogP contribution in [0.3, 0.4) is 0 Å².